The van der Waals surface area contributed by atoms with Crippen molar-refractivity contribution in [1.29, 1.82) is 0 Å². The maximum atomic E-state index is 12.3. The Hall–Kier alpha value is -1.45. The van der Waals surface area contributed by atoms with Crippen molar-refractivity contribution < 1.29 is 4.79 Å². The van der Waals surface area contributed by atoms with Gasteiger partial charge in [0.1, 0.15) is 5.69 Å². The number of rotatable bonds is 4. The molecule has 0 atom stereocenters. The van der Waals surface area contributed by atoms with Crippen LogP contribution >= 0.6 is 0 Å². The molecule has 1 aliphatic carbocycles. The molecule has 0 unspecified atom stereocenters. The highest BCUT2D eigenvalue weighted by Crippen LogP contribution is 2.23. The Bertz CT molecular complexity index is 431. The van der Waals surface area contributed by atoms with E-state index >= 15 is 0 Å². The van der Waals surface area contributed by atoms with Gasteiger partial charge in [0.2, 0.25) is 0 Å². The lowest BCUT2D eigenvalue weighted by atomic mass is 9.87. The van der Waals surface area contributed by atoms with Gasteiger partial charge in [-0.3, -0.25) is 4.79 Å². The fourth-order valence-electron chi connectivity index (χ4n) is 2.81. The number of nitrogens with two attached hydrogens (primary N) is 1. The van der Waals surface area contributed by atoms with Crippen LogP contribution < -0.4 is 11.1 Å². The highest BCUT2D eigenvalue weighted by molar-refractivity contribution is 5.94. The Morgan fingerprint density at radius 2 is 2.11 bits per heavy atom. The fourth-order valence-corrected chi connectivity index (χ4v) is 2.81. The summed E-state index contributed by atoms with van der Waals surface area (Å²) in [7, 11) is 0. The van der Waals surface area contributed by atoms with E-state index in [1.54, 1.807) is 6.07 Å². The molecule has 1 aromatic rings. The fraction of sp³-hybridized carbons (Fsp3) is 0.667. The monoisotopic (exact) mass is 263 g/mol. The summed E-state index contributed by atoms with van der Waals surface area (Å²) in [5.74, 6) is 0.817. The van der Waals surface area contributed by atoms with E-state index in [1.165, 1.54) is 12.8 Å². The number of nitrogens with zero attached hydrogens (tertiary/aromatic N) is 1. The summed E-state index contributed by atoms with van der Waals surface area (Å²) in [6, 6.07) is 2.10. The maximum Gasteiger partial charge on any atom is 0.268 e. The third kappa shape index (κ3) is 3.52. The van der Waals surface area contributed by atoms with Crippen LogP contribution in [0, 0.1) is 5.92 Å². The van der Waals surface area contributed by atoms with Gasteiger partial charge in [-0.1, -0.05) is 13.8 Å². The second-order valence-electron chi connectivity index (χ2n) is 5.78. The van der Waals surface area contributed by atoms with E-state index in [0.29, 0.717) is 17.4 Å². The van der Waals surface area contributed by atoms with Gasteiger partial charge in [0, 0.05) is 18.8 Å². The largest absolute Gasteiger partial charge is 0.397 e. The van der Waals surface area contributed by atoms with Crippen molar-refractivity contribution in [3.8, 4) is 0 Å². The second kappa shape index (κ2) is 6.13. The summed E-state index contributed by atoms with van der Waals surface area (Å²) < 4.78 is 1.95. The molecule has 1 amide bonds. The quantitative estimate of drug-likeness (QED) is 0.877. The van der Waals surface area contributed by atoms with Gasteiger partial charge in [-0.05, 0) is 44.1 Å². The van der Waals surface area contributed by atoms with Crippen molar-refractivity contribution in [2.24, 2.45) is 5.92 Å². The van der Waals surface area contributed by atoms with E-state index in [9.17, 15) is 4.79 Å². The number of carbonyl (C=O) groups is 1. The van der Waals surface area contributed by atoms with Crippen LogP contribution in [0.2, 0.25) is 0 Å². The van der Waals surface area contributed by atoms with E-state index in [0.717, 1.165) is 31.7 Å². The highest BCUT2D eigenvalue weighted by atomic mass is 16.2. The van der Waals surface area contributed by atoms with Crippen molar-refractivity contribution >= 4 is 11.6 Å². The normalized spacial score (nSPS) is 23.3. The summed E-state index contributed by atoms with van der Waals surface area (Å²) in [4.78, 5) is 12.3. The first-order chi connectivity index (χ1) is 9.10. The second-order valence-corrected chi connectivity index (χ2v) is 5.78. The van der Waals surface area contributed by atoms with Gasteiger partial charge in [-0.15, -0.1) is 0 Å². The number of anilines is 1. The van der Waals surface area contributed by atoms with Crippen LogP contribution in [0.3, 0.4) is 0 Å². The topological polar surface area (TPSA) is 60.0 Å². The molecule has 4 nitrogen and oxygen atoms in total. The van der Waals surface area contributed by atoms with Crippen molar-refractivity contribution in [2.75, 3.05) is 5.73 Å². The molecule has 0 saturated heterocycles. The number of nitrogen functional groups attached to an aromatic ring is 1. The van der Waals surface area contributed by atoms with Crippen LogP contribution in [0.15, 0.2) is 12.3 Å². The molecule has 1 saturated carbocycles. The van der Waals surface area contributed by atoms with Crippen LogP contribution in [0.25, 0.3) is 0 Å². The molecule has 0 aromatic carbocycles. The number of nitrogens with one attached hydrogen (secondary N) is 1. The van der Waals surface area contributed by atoms with Crippen molar-refractivity contribution in [3.63, 3.8) is 0 Å². The highest BCUT2D eigenvalue weighted by Gasteiger charge is 2.21. The first-order valence-corrected chi connectivity index (χ1v) is 7.36. The molecule has 0 aliphatic heterocycles. The first kappa shape index (κ1) is 14.0. The number of hydrogen-bond acceptors (Lipinski definition) is 2. The van der Waals surface area contributed by atoms with Crippen LogP contribution in [0.1, 0.15) is 56.4 Å². The molecule has 0 bridgehead atoms. The Kier molecular flexibility index (Phi) is 4.51. The number of hydrogen-bond donors (Lipinski definition) is 2. The number of carbonyl (C=O) groups excluding carboxylic acids is 1. The lowest BCUT2D eigenvalue weighted by Crippen LogP contribution is -2.38. The van der Waals surface area contributed by atoms with Crippen LogP contribution in [0.5, 0.6) is 0 Å². The average molecular weight is 263 g/mol. The Morgan fingerprint density at radius 1 is 1.42 bits per heavy atom. The summed E-state index contributed by atoms with van der Waals surface area (Å²) in [5, 5.41) is 3.15. The van der Waals surface area contributed by atoms with Crippen LogP contribution in [-0.4, -0.2) is 16.5 Å². The van der Waals surface area contributed by atoms with E-state index in [4.69, 9.17) is 5.73 Å². The molecule has 2 rings (SSSR count). The summed E-state index contributed by atoms with van der Waals surface area (Å²) in [6.45, 7) is 5.22. The molecule has 1 aromatic heterocycles. The Morgan fingerprint density at radius 3 is 2.74 bits per heavy atom. The lowest BCUT2D eigenvalue weighted by Gasteiger charge is -2.27. The Balaban J connectivity index is 1.99. The molecule has 1 aliphatic rings. The third-order valence-corrected chi connectivity index (χ3v) is 3.97. The lowest BCUT2D eigenvalue weighted by molar-refractivity contribution is 0.0913. The summed E-state index contributed by atoms with van der Waals surface area (Å²) >= 11 is 0. The molecule has 0 radical (unpaired) electrons. The zero-order valence-corrected chi connectivity index (χ0v) is 12.0. The van der Waals surface area contributed by atoms with E-state index in [2.05, 4.69) is 19.2 Å². The summed E-state index contributed by atoms with van der Waals surface area (Å²) in [6.07, 6.45) is 7.45. The van der Waals surface area contributed by atoms with E-state index in [1.807, 2.05) is 10.8 Å². The number of aryl methyl sites for hydroxylation is 1. The standard InChI is InChI=1S/C15H25N3O/c1-3-8-18-10-12(16)9-14(18)15(19)17-13-6-4-11(2)5-7-13/h9-11,13H,3-8,16H2,1-2H3,(H,17,19). The molecule has 106 valence electrons. The molecule has 1 fully saturated rings. The Labute approximate surface area is 115 Å². The van der Waals surface area contributed by atoms with Crippen molar-refractivity contribution in [3.05, 3.63) is 18.0 Å². The molecular formula is C15H25N3O. The predicted molar refractivity (Wildman–Crippen MR) is 78.0 cm³/mol. The zero-order chi connectivity index (χ0) is 13.8. The van der Waals surface area contributed by atoms with Crippen molar-refractivity contribution in [2.45, 2.75) is 58.5 Å². The van der Waals surface area contributed by atoms with Gasteiger partial charge in [0.15, 0.2) is 0 Å². The van der Waals surface area contributed by atoms with E-state index in [-0.39, 0.29) is 5.91 Å². The van der Waals surface area contributed by atoms with Crippen LogP contribution in [-0.2, 0) is 6.54 Å². The molecule has 3 N–H and O–H groups in total. The zero-order valence-electron chi connectivity index (χ0n) is 12.0. The molecule has 4 heteroatoms. The molecular weight excluding hydrogens is 238 g/mol. The van der Waals surface area contributed by atoms with Gasteiger partial charge in [-0.25, -0.2) is 0 Å². The minimum atomic E-state index is 0.0182. The SMILES string of the molecule is CCCn1cc(N)cc1C(=O)NC1CCC(C)CC1. The third-order valence-electron chi connectivity index (χ3n) is 3.97. The van der Waals surface area contributed by atoms with Crippen molar-refractivity contribution in [1.82, 2.24) is 9.88 Å². The molecule has 0 spiro atoms. The summed E-state index contributed by atoms with van der Waals surface area (Å²) in [5.41, 5.74) is 7.15. The van der Waals surface area contributed by atoms with Gasteiger partial charge in [-0.2, -0.15) is 0 Å². The smallest absolute Gasteiger partial charge is 0.268 e. The minimum absolute atomic E-state index is 0.0182. The minimum Gasteiger partial charge on any atom is -0.397 e. The number of amides is 1. The van der Waals surface area contributed by atoms with Gasteiger partial charge < -0.3 is 15.6 Å². The predicted octanol–water partition coefficient (Wildman–Crippen LogP) is 2.79. The van der Waals surface area contributed by atoms with Gasteiger partial charge in [0.05, 0.1) is 5.69 Å². The van der Waals surface area contributed by atoms with Crippen LogP contribution in [0.4, 0.5) is 5.69 Å². The van der Waals surface area contributed by atoms with Gasteiger partial charge in [0.25, 0.3) is 5.91 Å². The number of aromatic nitrogens is 1. The first-order valence-electron chi connectivity index (χ1n) is 7.36. The molecule has 19 heavy (non-hydrogen) atoms. The van der Waals surface area contributed by atoms with E-state index < -0.39 is 0 Å². The average Bonchev–Trinajstić information content (AvgIpc) is 2.74. The van der Waals surface area contributed by atoms with Gasteiger partial charge >= 0.3 is 0 Å². The molecule has 1 heterocycles. The maximum absolute atomic E-state index is 12.3.